The van der Waals surface area contributed by atoms with Gasteiger partial charge in [-0.15, -0.1) is 0 Å². The summed E-state index contributed by atoms with van der Waals surface area (Å²) in [6, 6.07) is 0. The predicted octanol–water partition coefficient (Wildman–Crippen LogP) is 4.75. The lowest BCUT2D eigenvalue weighted by atomic mass is 9.38. The third kappa shape index (κ3) is 4.95. The minimum Gasteiger partial charge on any atom is -0.394 e. The van der Waals surface area contributed by atoms with Crippen LogP contribution in [0.2, 0.25) is 0 Å². The second-order valence-electron chi connectivity index (χ2n) is 17.3. The van der Waals surface area contributed by atoms with Gasteiger partial charge in [0.2, 0.25) is 0 Å². The largest absolute Gasteiger partial charge is 0.394 e. The first-order valence-electron chi connectivity index (χ1n) is 18.1. The topological polar surface area (TPSA) is 127 Å². The summed E-state index contributed by atoms with van der Waals surface area (Å²) in [6.45, 7) is 15.7. The van der Waals surface area contributed by atoms with Gasteiger partial charge < -0.3 is 44.1 Å². The van der Waals surface area contributed by atoms with Crippen LogP contribution in [-0.2, 0) is 23.7 Å². The van der Waals surface area contributed by atoms with Gasteiger partial charge in [-0.25, -0.2) is 0 Å². The van der Waals surface area contributed by atoms with Crippen LogP contribution in [0, 0.1) is 45.3 Å². The van der Waals surface area contributed by atoms with Gasteiger partial charge in [-0.3, -0.25) is 0 Å². The molecule has 0 amide bonds. The fourth-order valence-electron chi connectivity index (χ4n) is 12.2. The van der Waals surface area contributed by atoms with Crippen LogP contribution >= 0.6 is 0 Å². The fourth-order valence-corrected chi connectivity index (χ4v) is 12.2. The maximum Gasteiger partial charge on any atom is 0.186 e. The molecular weight excluding hydrogens is 600 g/mol. The average Bonchev–Trinajstić information content (AvgIpc) is 3.40. The van der Waals surface area contributed by atoms with Crippen molar-refractivity contribution in [3.05, 3.63) is 23.8 Å². The first-order chi connectivity index (χ1) is 22.1. The summed E-state index contributed by atoms with van der Waals surface area (Å²) < 4.78 is 31.7. The highest BCUT2D eigenvalue weighted by molar-refractivity contribution is 5.34. The molecule has 2 heterocycles. The zero-order chi connectivity index (χ0) is 34.3. The van der Waals surface area contributed by atoms with Crippen molar-refractivity contribution < 1.29 is 44.1 Å². The van der Waals surface area contributed by atoms with E-state index in [9.17, 15) is 20.4 Å². The van der Waals surface area contributed by atoms with E-state index >= 15 is 0 Å². The third-order valence-electron chi connectivity index (χ3n) is 14.9. The zero-order valence-electron chi connectivity index (χ0n) is 30.1. The maximum atomic E-state index is 10.8. The van der Waals surface area contributed by atoms with E-state index in [2.05, 4.69) is 66.7 Å². The van der Waals surface area contributed by atoms with Crippen molar-refractivity contribution in [3.63, 3.8) is 0 Å². The molecule has 0 aromatic carbocycles. The SMILES string of the molecule is COC(C=C(C)C)CC(C)C1CCC2(C)C3C=CC45OC(OC)C3(CCC12C)C4CCC(OC1OC(CO)C(O)C(O)C1O)C5(C)C. The number of allylic oxidation sites excluding steroid dienone is 2. The lowest BCUT2D eigenvalue weighted by Gasteiger charge is -2.65. The third-order valence-corrected chi connectivity index (χ3v) is 14.9. The van der Waals surface area contributed by atoms with Crippen LogP contribution in [0.25, 0.3) is 0 Å². The van der Waals surface area contributed by atoms with E-state index < -0.39 is 48.3 Å². The van der Waals surface area contributed by atoms with E-state index in [0.717, 1.165) is 32.1 Å². The van der Waals surface area contributed by atoms with Crippen molar-refractivity contribution >= 4 is 0 Å². The highest BCUT2D eigenvalue weighted by Crippen LogP contribution is 2.79. The Bertz CT molecular complexity index is 1210. The fraction of sp³-hybridized carbons (Fsp3) is 0.895. The molecule has 6 rings (SSSR count). The number of rotatable bonds is 9. The van der Waals surface area contributed by atoms with Gasteiger partial charge in [0.25, 0.3) is 0 Å². The summed E-state index contributed by atoms with van der Waals surface area (Å²) in [4.78, 5) is 0. The predicted molar refractivity (Wildman–Crippen MR) is 177 cm³/mol. The summed E-state index contributed by atoms with van der Waals surface area (Å²) in [5.41, 5.74) is 0.209. The van der Waals surface area contributed by atoms with Gasteiger partial charge in [-0.2, -0.15) is 0 Å². The molecule has 0 radical (unpaired) electrons. The minimum atomic E-state index is -1.48. The van der Waals surface area contributed by atoms with E-state index in [0.29, 0.717) is 17.8 Å². The Morgan fingerprint density at radius 1 is 0.957 bits per heavy atom. The highest BCUT2D eigenvalue weighted by Gasteiger charge is 2.78. The van der Waals surface area contributed by atoms with Crippen LogP contribution in [0.4, 0.5) is 0 Å². The molecule has 6 aliphatic rings. The molecule has 2 bridgehead atoms. The van der Waals surface area contributed by atoms with Crippen molar-refractivity contribution in [1.82, 2.24) is 0 Å². The van der Waals surface area contributed by atoms with Crippen molar-refractivity contribution in [1.29, 1.82) is 0 Å². The number of hydrogen-bond donors (Lipinski definition) is 4. The van der Waals surface area contributed by atoms with E-state index in [1.54, 1.807) is 7.11 Å². The number of aliphatic hydroxyl groups excluding tert-OH is 4. The molecule has 4 N–H and O–H groups in total. The summed E-state index contributed by atoms with van der Waals surface area (Å²) in [6.07, 6.45) is 7.16. The molecular formula is C38H62O9. The van der Waals surface area contributed by atoms with Crippen molar-refractivity contribution in [3.8, 4) is 0 Å². The van der Waals surface area contributed by atoms with E-state index in [1.807, 2.05) is 7.11 Å². The summed E-state index contributed by atoms with van der Waals surface area (Å²) >= 11 is 0. The van der Waals surface area contributed by atoms with Crippen LogP contribution in [-0.4, -0.2) is 96.1 Å². The van der Waals surface area contributed by atoms with Gasteiger partial charge in [0.05, 0.1) is 18.8 Å². The Labute approximate surface area is 282 Å². The Morgan fingerprint density at radius 2 is 1.68 bits per heavy atom. The Balaban J connectivity index is 1.30. The van der Waals surface area contributed by atoms with Gasteiger partial charge in [-0.05, 0) is 87.4 Å². The molecule has 1 spiro atoms. The first kappa shape index (κ1) is 35.9. The number of aliphatic hydroxyl groups is 4. The van der Waals surface area contributed by atoms with Crippen molar-refractivity contribution in [2.45, 2.75) is 148 Å². The number of hydrogen-bond acceptors (Lipinski definition) is 9. The van der Waals surface area contributed by atoms with Crippen LogP contribution in [0.1, 0.15) is 93.4 Å². The monoisotopic (exact) mass is 662 g/mol. The van der Waals surface area contributed by atoms with Crippen molar-refractivity contribution in [2.24, 2.45) is 45.3 Å². The van der Waals surface area contributed by atoms with Gasteiger partial charge in [0.1, 0.15) is 30.0 Å². The van der Waals surface area contributed by atoms with E-state index in [-0.39, 0.29) is 40.7 Å². The van der Waals surface area contributed by atoms with E-state index in [4.69, 9.17) is 23.7 Å². The minimum absolute atomic E-state index is 0.0875. The average molecular weight is 663 g/mol. The number of ether oxygens (including phenoxy) is 5. The molecule has 2 aliphatic heterocycles. The Morgan fingerprint density at radius 3 is 2.32 bits per heavy atom. The van der Waals surface area contributed by atoms with Crippen LogP contribution < -0.4 is 0 Å². The summed E-state index contributed by atoms with van der Waals surface area (Å²) in [5.74, 6) is 1.69. The zero-order valence-corrected chi connectivity index (χ0v) is 30.1. The van der Waals surface area contributed by atoms with Gasteiger partial charge >= 0.3 is 0 Å². The summed E-state index contributed by atoms with van der Waals surface area (Å²) in [5, 5.41) is 41.3. The quantitative estimate of drug-likeness (QED) is 0.259. The second kappa shape index (κ2) is 12.4. The number of methoxy groups -OCH3 is 2. The van der Waals surface area contributed by atoms with E-state index in [1.165, 1.54) is 18.4 Å². The van der Waals surface area contributed by atoms with Gasteiger partial charge in [-0.1, -0.05) is 58.4 Å². The standard InChI is InChI=1S/C38H62O9/c1-21(2)18-23(43-8)19-22(3)24-12-14-36(7)26-13-15-38-27(37(26,33(44-9)47-38)17-16-35(24,36)6)10-11-28(34(38,4)5)46-32-31(42)30(41)29(40)25(20-39)45-32/h13,15,18,22-33,39-42H,10-12,14,16-17,19-20H2,1-9H3. The molecule has 0 aromatic heterocycles. The molecule has 268 valence electrons. The molecule has 4 aliphatic carbocycles. The van der Waals surface area contributed by atoms with Crippen LogP contribution in [0.3, 0.4) is 0 Å². The highest BCUT2D eigenvalue weighted by atomic mass is 16.7. The molecule has 9 heteroatoms. The smallest absolute Gasteiger partial charge is 0.186 e. The number of fused-ring (bicyclic) bond motifs is 2. The molecule has 5 fully saturated rings. The van der Waals surface area contributed by atoms with Gasteiger partial charge in [0.15, 0.2) is 12.6 Å². The summed E-state index contributed by atoms with van der Waals surface area (Å²) in [7, 11) is 3.62. The first-order valence-corrected chi connectivity index (χ1v) is 18.1. The van der Waals surface area contributed by atoms with Crippen molar-refractivity contribution in [2.75, 3.05) is 20.8 Å². The van der Waals surface area contributed by atoms with Crippen LogP contribution in [0.15, 0.2) is 23.8 Å². The second-order valence-corrected chi connectivity index (χ2v) is 17.3. The Kier molecular flexibility index (Phi) is 9.49. The molecule has 47 heavy (non-hydrogen) atoms. The molecule has 0 aromatic rings. The lowest BCUT2D eigenvalue weighted by Crippen LogP contribution is -2.66. The molecule has 16 atom stereocenters. The lowest BCUT2D eigenvalue weighted by molar-refractivity contribution is -0.331. The molecule has 9 nitrogen and oxygen atoms in total. The normalized spacial score (nSPS) is 51.1. The molecule has 2 saturated heterocycles. The van der Waals surface area contributed by atoms with Crippen LogP contribution in [0.5, 0.6) is 0 Å². The molecule has 3 saturated carbocycles. The Hall–Kier alpha value is -0.880. The maximum absolute atomic E-state index is 10.8. The van der Waals surface area contributed by atoms with Gasteiger partial charge in [0, 0.05) is 31.0 Å². The molecule has 16 unspecified atom stereocenters.